The van der Waals surface area contributed by atoms with Gasteiger partial charge in [-0.15, -0.1) is 21.5 Å². The van der Waals surface area contributed by atoms with Gasteiger partial charge < -0.3 is 9.15 Å². The minimum atomic E-state index is -0.457. The highest BCUT2D eigenvalue weighted by Gasteiger charge is 2.13. The van der Waals surface area contributed by atoms with E-state index in [9.17, 15) is 4.79 Å². The zero-order valence-corrected chi connectivity index (χ0v) is 14.3. The molecule has 0 spiro atoms. The summed E-state index contributed by atoms with van der Waals surface area (Å²) in [6.07, 6.45) is 0. The minimum absolute atomic E-state index is 0.0971. The van der Waals surface area contributed by atoms with Gasteiger partial charge in [-0.1, -0.05) is 11.6 Å². The highest BCUT2D eigenvalue weighted by molar-refractivity contribution is 7.16. The van der Waals surface area contributed by atoms with Crippen molar-refractivity contribution in [1.29, 1.82) is 0 Å². The van der Waals surface area contributed by atoms with Gasteiger partial charge >= 0.3 is 5.97 Å². The number of carbonyl (C=O) groups excluding carboxylic acids is 1. The van der Waals surface area contributed by atoms with Gasteiger partial charge in [0, 0.05) is 10.6 Å². The molecular weight excluding hydrogens is 362 g/mol. The Morgan fingerprint density at radius 3 is 2.84 bits per heavy atom. The van der Waals surface area contributed by atoms with Crippen molar-refractivity contribution >= 4 is 39.1 Å². The summed E-state index contributed by atoms with van der Waals surface area (Å²) in [5.41, 5.74) is 3.78. The van der Waals surface area contributed by atoms with E-state index >= 15 is 0 Å². The van der Waals surface area contributed by atoms with Crippen molar-refractivity contribution in [1.82, 2.24) is 15.2 Å². The SMILES string of the molecule is O=C(OCc1nnc(-c2ccc(Cl)cc2)o1)c1ccc2ncsc2c1. The predicted octanol–water partition coefficient (Wildman–Crippen LogP) is 4.36. The first-order valence-corrected chi connectivity index (χ1v) is 8.53. The van der Waals surface area contributed by atoms with Gasteiger partial charge in [0.1, 0.15) is 0 Å². The molecule has 0 aliphatic carbocycles. The van der Waals surface area contributed by atoms with Crippen LogP contribution in [0.2, 0.25) is 5.02 Å². The molecule has 0 aliphatic rings. The monoisotopic (exact) mass is 371 g/mol. The Morgan fingerprint density at radius 2 is 2.00 bits per heavy atom. The summed E-state index contributed by atoms with van der Waals surface area (Å²) in [6, 6.07) is 12.2. The average molecular weight is 372 g/mol. The fourth-order valence-corrected chi connectivity index (χ4v) is 3.06. The van der Waals surface area contributed by atoms with E-state index < -0.39 is 5.97 Å². The second-order valence-corrected chi connectivity index (χ2v) is 6.44. The van der Waals surface area contributed by atoms with Crippen LogP contribution in [0.4, 0.5) is 0 Å². The summed E-state index contributed by atoms with van der Waals surface area (Å²) in [5.74, 6) is 0.104. The molecule has 0 aliphatic heterocycles. The molecule has 6 nitrogen and oxygen atoms in total. The van der Waals surface area contributed by atoms with Gasteiger partial charge in [0.2, 0.25) is 5.89 Å². The van der Waals surface area contributed by atoms with Crippen LogP contribution in [-0.4, -0.2) is 21.2 Å². The zero-order valence-electron chi connectivity index (χ0n) is 12.7. The van der Waals surface area contributed by atoms with E-state index in [1.54, 1.807) is 48.0 Å². The summed E-state index contributed by atoms with van der Waals surface area (Å²) >= 11 is 7.32. The first-order valence-electron chi connectivity index (χ1n) is 7.28. The second-order valence-electron chi connectivity index (χ2n) is 5.12. The number of fused-ring (bicyclic) bond motifs is 1. The lowest BCUT2D eigenvalue weighted by atomic mass is 10.2. The number of carbonyl (C=O) groups is 1. The fraction of sp³-hybridized carbons (Fsp3) is 0.0588. The van der Waals surface area contributed by atoms with Crippen LogP contribution in [0.1, 0.15) is 16.2 Å². The van der Waals surface area contributed by atoms with E-state index in [1.165, 1.54) is 11.3 Å². The molecule has 0 N–H and O–H groups in total. The quantitative estimate of drug-likeness (QED) is 0.496. The van der Waals surface area contributed by atoms with Crippen LogP contribution in [0.15, 0.2) is 52.4 Å². The molecule has 0 unspecified atom stereocenters. The van der Waals surface area contributed by atoms with Gasteiger partial charge in [0.25, 0.3) is 5.89 Å². The Labute approximate surface area is 151 Å². The molecule has 0 atom stereocenters. The van der Waals surface area contributed by atoms with E-state index in [2.05, 4.69) is 15.2 Å². The Balaban J connectivity index is 1.44. The lowest BCUT2D eigenvalue weighted by Gasteiger charge is -2.02. The highest BCUT2D eigenvalue weighted by atomic mass is 35.5. The van der Waals surface area contributed by atoms with E-state index in [4.69, 9.17) is 20.8 Å². The van der Waals surface area contributed by atoms with Gasteiger partial charge in [-0.3, -0.25) is 0 Å². The predicted molar refractivity (Wildman–Crippen MR) is 93.5 cm³/mol. The molecule has 25 heavy (non-hydrogen) atoms. The summed E-state index contributed by atoms with van der Waals surface area (Å²) in [6.45, 7) is -0.0971. The normalized spacial score (nSPS) is 10.9. The number of aromatic nitrogens is 3. The number of hydrogen-bond acceptors (Lipinski definition) is 7. The zero-order chi connectivity index (χ0) is 17.2. The van der Waals surface area contributed by atoms with Gasteiger partial charge in [-0.25, -0.2) is 9.78 Å². The van der Waals surface area contributed by atoms with Crippen molar-refractivity contribution in [3.05, 3.63) is 64.5 Å². The van der Waals surface area contributed by atoms with Crippen LogP contribution in [0.25, 0.3) is 21.7 Å². The molecule has 2 aromatic carbocycles. The number of halogens is 1. The summed E-state index contributed by atoms with van der Waals surface area (Å²) in [7, 11) is 0. The fourth-order valence-electron chi connectivity index (χ4n) is 2.21. The lowest BCUT2D eigenvalue weighted by molar-refractivity contribution is 0.0439. The standard InChI is InChI=1S/C17H10ClN3O3S/c18-12-4-1-10(2-5-12)16-21-20-15(24-16)8-23-17(22)11-3-6-13-14(7-11)25-9-19-13/h1-7,9H,8H2. The van der Waals surface area contributed by atoms with Gasteiger partial charge in [-0.05, 0) is 42.5 Å². The molecule has 0 amide bonds. The molecule has 2 aromatic heterocycles. The van der Waals surface area contributed by atoms with Crippen molar-refractivity contribution in [2.75, 3.05) is 0 Å². The van der Waals surface area contributed by atoms with Crippen LogP contribution < -0.4 is 0 Å². The molecule has 0 fully saturated rings. The number of thiazole rings is 1. The number of nitrogens with zero attached hydrogens (tertiary/aromatic N) is 3. The van der Waals surface area contributed by atoms with Crippen molar-refractivity contribution < 1.29 is 13.9 Å². The van der Waals surface area contributed by atoms with Crippen molar-refractivity contribution in [2.24, 2.45) is 0 Å². The van der Waals surface area contributed by atoms with E-state index in [0.29, 0.717) is 16.5 Å². The van der Waals surface area contributed by atoms with Crippen LogP contribution in [0, 0.1) is 0 Å². The smallest absolute Gasteiger partial charge is 0.338 e. The minimum Gasteiger partial charge on any atom is -0.452 e. The van der Waals surface area contributed by atoms with Crippen LogP contribution in [0.3, 0.4) is 0 Å². The van der Waals surface area contributed by atoms with E-state index in [0.717, 1.165) is 15.8 Å². The largest absolute Gasteiger partial charge is 0.452 e. The number of hydrogen-bond donors (Lipinski definition) is 0. The first kappa shape index (κ1) is 15.7. The second kappa shape index (κ2) is 6.62. The van der Waals surface area contributed by atoms with Crippen LogP contribution >= 0.6 is 22.9 Å². The van der Waals surface area contributed by atoms with E-state index in [-0.39, 0.29) is 12.5 Å². The van der Waals surface area contributed by atoms with Crippen LogP contribution in [-0.2, 0) is 11.3 Å². The Bertz CT molecular complexity index is 1040. The Morgan fingerprint density at radius 1 is 1.16 bits per heavy atom. The van der Waals surface area contributed by atoms with Crippen molar-refractivity contribution in [3.63, 3.8) is 0 Å². The van der Waals surface area contributed by atoms with Gasteiger partial charge in [0.15, 0.2) is 6.61 Å². The Hall–Kier alpha value is -2.77. The Kier molecular flexibility index (Phi) is 4.17. The third-order valence-electron chi connectivity index (χ3n) is 3.45. The molecule has 0 saturated heterocycles. The number of benzene rings is 2. The first-order chi connectivity index (χ1) is 12.2. The average Bonchev–Trinajstić information content (AvgIpc) is 3.29. The molecule has 2 heterocycles. The molecule has 0 bridgehead atoms. The van der Waals surface area contributed by atoms with Crippen molar-refractivity contribution in [3.8, 4) is 11.5 Å². The topological polar surface area (TPSA) is 78.1 Å². The maximum Gasteiger partial charge on any atom is 0.338 e. The van der Waals surface area contributed by atoms with E-state index in [1.807, 2.05) is 0 Å². The maximum atomic E-state index is 12.2. The molecule has 124 valence electrons. The molecular formula is C17H10ClN3O3S. The summed E-state index contributed by atoms with van der Waals surface area (Å²) in [5, 5.41) is 8.45. The third kappa shape index (κ3) is 3.38. The third-order valence-corrected chi connectivity index (χ3v) is 4.50. The number of rotatable bonds is 4. The summed E-state index contributed by atoms with van der Waals surface area (Å²) < 4.78 is 11.7. The highest BCUT2D eigenvalue weighted by Crippen LogP contribution is 2.22. The van der Waals surface area contributed by atoms with Gasteiger partial charge in [-0.2, -0.15) is 0 Å². The molecule has 4 rings (SSSR count). The van der Waals surface area contributed by atoms with Crippen molar-refractivity contribution in [2.45, 2.75) is 6.61 Å². The molecule has 8 heteroatoms. The molecule has 0 saturated carbocycles. The molecule has 4 aromatic rings. The molecule has 0 radical (unpaired) electrons. The number of esters is 1. The maximum absolute atomic E-state index is 12.2. The van der Waals surface area contributed by atoms with Gasteiger partial charge in [0.05, 0.1) is 21.3 Å². The number of ether oxygens (including phenoxy) is 1. The lowest BCUT2D eigenvalue weighted by Crippen LogP contribution is -2.05. The van der Waals surface area contributed by atoms with Crippen LogP contribution in [0.5, 0.6) is 0 Å². The summed E-state index contributed by atoms with van der Waals surface area (Å²) in [4.78, 5) is 16.3.